The van der Waals surface area contributed by atoms with E-state index in [1.807, 2.05) is 6.92 Å². The topological polar surface area (TPSA) is 128 Å². The summed E-state index contributed by atoms with van der Waals surface area (Å²) in [6, 6.07) is -0.689. The van der Waals surface area contributed by atoms with Crippen LogP contribution in [-0.4, -0.2) is 63.8 Å². The maximum atomic E-state index is 12.2. The van der Waals surface area contributed by atoms with Crippen molar-refractivity contribution in [3.63, 3.8) is 0 Å². The summed E-state index contributed by atoms with van der Waals surface area (Å²) in [5, 5.41) is 34.2. The number of aliphatic hydroxyl groups is 3. The lowest BCUT2D eigenvalue weighted by molar-refractivity contribution is -0.224. The lowest BCUT2D eigenvalue weighted by Gasteiger charge is -2.48. The van der Waals surface area contributed by atoms with Crippen molar-refractivity contribution in [2.24, 2.45) is 5.92 Å². The first-order valence-electron chi connectivity index (χ1n) is 6.53. The Labute approximate surface area is 116 Å². The molecule has 8 nitrogen and oxygen atoms in total. The van der Waals surface area contributed by atoms with Crippen molar-refractivity contribution in [1.82, 2.24) is 10.6 Å². The molecule has 0 aromatic rings. The second-order valence-corrected chi connectivity index (χ2v) is 5.71. The molecule has 2 bridgehead atoms. The summed E-state index contributed by atoms with van der Waals surface area (Å²) in [5.74, 6) is -1.31. The van der Waals surface area contributed by atoms with Crippen LogP contribution in [0, 0.1) is 5.92 Å². The summed E-state index contributed by atoms with van der Waals surface area (Å²) in [7, 11) is 0. The number of carbonyl (C=O) groups excluding carboxylic acids is 2. The maximum Gasteiger partial charge on any atom is 0.277 e. The summed E-state index contributed by atoms with van der Waals surface area (Å²) in [6.07, 6.45) is -1.29. The number of hydrogen-bond donors (Lipinski definition) is 5. The number of aliphatic hydroxyl groups excluding tert-OH is 2. The van der Waals surface area contributed by atoms with Crippen LogP contribution in [0.3, 0.4) is 0 Å². The lowest BCUT2D eigenvalue weighted by Crippen LogP contribution is -2.79. The first-order chi connectivity index (χ1) is 9.24. The van der Waals surface area contributed by atoms with Crippen molar-refractivity contribution < 1.29 is 29.6 Å². The van der Waals surface area contributed by atoms with Gasteiger partial charge in [0.05, 0.1) is 13.2 Å². The molecular weight excluding hydrogens is 268 g/mol. The van der Waals surface area contributed by atoms with Crippen LogP contribution >= 0.6 is 0 Å². The van der Waals surface area contributed by atoms with Crippen LogP contribution in [0.4, 0.5) is 0 Å². The van der Waals surface area contributed by atoms with E-state index in [1.54, 1.807) is 0 Å². The maximum absolute atomic E-state index is 12.2. The molecule has 0 spiro atoms. The Hall–Kier alpha value is -1.22. The van der Waals surface area contributed by atoms with Crippen molar-refractivity contribution in [1.29, 1.82) is 0 Å². The van der Waals surface area contributed by atoms with Crippen LogP contribution in [0.1, 0.15) is 20.3 Å². The number of rotatable bonds is 3. The Morgan fingerprint density at radius 2 is 2.20 bits per heavy atom. The molecule has 3 rings (SSSR count). The number of hydrogen-bond acceptors (Lipinski definition) is 6. The zero-order chi connectivity index (χ0) is 15.1. The summed E-state index contributed by atoms with van der Waals surface area (Å²) in [6.45, 7) is 2.32. The molecule has 3 heterocycles. The minimum absolute atomic E-state index is 0.104. The average Bonchev–Trinajstić information content (AvgIpc) is 2.39. The molecule has 0 aromatic heterocycles. The van der Waals surface area contributed by atoms with E-state index < -0.39 is 41.9 Å². The first kappa shape index (κ1) is 15.2. The molecule has 0 aliphatic carbocycles. The number of carbonyl (C=O) groups is 2. The van der Waals surface area contributed by atoms with Crippen molar-refractivity contribution in [2.45, 2.75) is 43.7 Å². The van der Waals surface area contributed by atoms with Gasteiger partial charge in [0, 0.05) is 0 Å². The molecule has 0 aromatic carbocycles. The number of amides is 2. The molecule has 20 heavy (non-hydrogen) atoms. The molecule has 0 unspecified atom stereocenters. The predicted molar refractivity (Wildman–Crippen MR) is 66.3 cm³/mol. The van der Waals surface area contributed by atoms with Crippen molar-refractivity contribution in [3.05, 3.63) is 0 Å². The fourth-order valence-electron chi connectivity index (χ4n) is 2.50. The van der Waals surface area contributed by atoms with Gasteiger partial charge in [-0.2, -0.15) is 0 Å². The van der Waals surface area contributed by atoms with Crippen LogP contribution in [0.25, 0.3) is 0 Å². The van der Waals surface area contributed by atoms with Gasteiger partial charge < -0.3 is 30.7 Å². The molecule has 3 fully saturated rings. The van der Waals surface area contributed by atoms with Crippen molar-refractivity contribution in [2.75, 3.05) is 13.2 Å². The van der Waals surface area contributed by atoms with Crippen LogP contribution in [0.2, 0.25) is 0 Å². The molecule has 114 valence electrons. The zero-order valence-corrected chi connectivity index (χ0v) is 11.4. The Morgan fingerprint density at radius 1 is 1.55 bits per heavy atom. The third-order valence-corrected chi connectivity index (χ3v) is 3.98. The van der Waals surface area contributed by atoms with Crippen LogP contribution in [0.15, 0.2) is 0 Å². The van der Waals surface area contributed by atoms with Crippen molar-refractivity contribution >= 4 is 11.8 Å². The third-order valence-electron chi connectivity index (χ3n) is 3.98. The molecular formula is C12H20N2O6. The fourth-order valence-corrected chi connectivity index (χ4v) is 2.50. The Morgan fingerprint density at radius 3 is 2.80 bits per heavy atom. The molecule has 0 saturated carbocycles. The van der Waals surface area contributed by atoms with E-state index in [1.165, 1.54) is 0 Å². The quantitative estimate of drug-likeness (QED) is 0.389. The summed E-state index contributed by atoms with van der Waals surface area (Å²) in [5.41, 5.74) is -4.08. The minimum Gasteiger partial charge on any atom is -0.393 e. The van der Waals surface area contributed by atoms with Crippen LogP contribution in [0.5, 0.6) is 0 Å². The lowest BCUT2D eigenvalue weighted by atomic mass is 9.85. The van der Waals surface area contributed by atoms with Gasteiger partial charge in [0.2, 0.25) is 5.91 Å². The zero-order valence-electron chi connectivity index (χ0n) is 11.4. The molecule has 8 heteroatoms. The Bertz CT molecular complexity index is 426. The summed E-state index contributed by atoms with van der Waals surface area (Å²) >= 11 is 0. The smallest absolute Gasteiger partial charge is 0.277 e. The third kappa shape index (κ3) is 2.18. The van der Waals surface area contributed by atoms with Gasteiger partial charge >= 0.3 is 0 Å². The SMILES string of the molecule is C[C@H]1CCO[C@]2([C@@H](O)[C@@](C)(O)CO)NC(=O)[C@H]1NC2=O. The molecule has 3 aliphatic rings. The van der Waals surface area contributed by atoms with Gasteiger partial charge in [-0.25, -0.2) is 0 Å². The highest BCUT2D eigenvalue weighted by Crippen LogP contribution is 2.30. The normalized spacial score (nSPS) is 38.2. The summed E-state index contributed by atoms with van der Waals surface area (Å²) < 4.78 is 5.40. The fraction of sp³-hybridized carbons (Fsp3) is 0.833. The second kappa shape index (κ2) is 4.96. The number of nitrogens with one attached hydrogen (secondary N) is 2. The predicted octanol–water partition coefficient (Wildman–Crippen LogP) is -2.54. The van der Waals surface area contributed by atoms with Gasteiger partial charge in [-0.15, -0.1) is 0 Å². The average molecular weight is 288 g/mol. The van der Waals surface area contributed by atoms with Gasteiger partial charge in [-0.1, -0.05) is 6.92 Å². The minimum atomic E-state index is -2.08. The van der Waals surface area contributed by atoms with Crippen LogP contribution in [-0.2, 0) is 14.3 Å². The van der Waals surface area contributed by atoms with Gasteiger partial charge in [-0.3, -0.25) is 9.59 Å². The van der Waals surface area contributed by atoms with E-state index in [-0.39, 0.29) is 12.5 Å². The number of ether oxygens (including phenoxy) is 1. The molecule has 0 radical (unpaired) electrons. The molecule has 5 N–H and O–H groups in total. The highest BCUT2D eigenvalue weighted by Gasteiger charge is 2.59. The van der Waals surface area contributed by atoms with Crippen LogP contribution < -0.4 is 10.6 Å². The van der Waals surface area contributed by atoms with Gasteiger partial charge in [-0.05, 0) is 19.3 Å². The monoisotopic (exact) mass is 288 g/mol. The molecule has 3 saturated heterocycles. The Kier molecular flexibility index (Phi) is 3.76. The van der Waals surface area contributed by atoms with Crippen molar-refractivity contribution in [3.8, 4) is 0 Å². The molecule has 5 atom stereocenters. The molecule has 3 aliphatic heterocycles. The van der Waals surface area contributed by atoms with E-state index in [9.17, 15) is 19.8 Å². The molecule has 2 amide bonds. The highest BCUT2D eigenvalue weighted by molar-refractivity contribution is 5.99. The number of piperazine rings is 1. The first-order valence-corrected chi connectivity index (χ1v) is 6.53. The summed E-state index contributed by atoms with van der Waals surface area (Å²) in [4.78, 5) is 24.3. The van der Waals surface area contributed by atoms with E-state index >= 15 is 0 Å². The van der Waals surface area contributed by atoms with E-state index in [2.05, 4.69) is 10.6 Å². The van der Waals surface area contributed by atoms with Gasteiger partial charge in [0.15, 0.2) is 0 Å². The van der Waals surface area contributed by atoms with E-state index in [0.29, 0.717) is 6.42 Å². The van der Waals surface area contributed by atoms with E-state index in [0.717, 1.165) is 6.92 Å². The standard InChI is InChI=1S/C12H20N2O6/c1-6-3-4-20-12(9(17)11(2,19)5-15)10(18)13-7(6)8(16)14-12/h6-7,9,15,17,19H,3-5H2,1-2H3,(H,13,18)(H,14,16)/t6-,7-,9-,11-,12-/m0/s1. The highest BCUT2D eigenvalue weighted by atomic mass is 16.5. The van der Waals surface area contributed by atoms with E-state index in [4.69, 9.17) is 9.84 Å². The van der Waals surface area contributed by atoms with Gasteiger partial charge in [0.1, 0.15) is 17.7 Å². The Balaban J connectivity index is 2.38. The van der Waals surface area contributed by atoms with Gasteiger partial charge in [0.25, 0.3) is 11.6 Å². The largest absolute Gasteiger partial charge is 0.393 e. The number of fused-ring (bicyclic) bond motifs is 5. The second-order valence-electron chi connectivity index (χ2n) is 5.71.